The van der Waals surface area contributed by atoms with Gasteiger partial charge in [0.1, 0.15) is 6.04 Å². The average Bonchev–Trinajstić information content (AvgIpc) is 3.42. The van der Waals surface area contributed by atoms with Crippen LogP contribution in [-0.4, -0.2) is 29.8 Å². The number of amides is 3. The predicted octanol–water partition coefficient (Wildman–Crippen LogP) is 3.15. The molecular formula is C24H23N3O4. The van der Waals surface area contributed by atoms with E-state index in [1.165, 1.54) is 6.26 Å². The van der Waals surface area contributed by atoms with Gasteiger partial charge in [-0.1, -0.05) is 30.3 Å². The van der Waals surface area contributed by atoms with Crippen molar-refractivity contribution in [3.63, 3.8) is 0 Å². The molecule has 1 fully saturated rings. The van der Waals surface area contributed by atoms with E-state index in [1.807, 2.05) is 30.3 Å². The molecule has 0 radical (unpaired) electrons. The lowest BCUT2D eigenvalue weighted by Crippen LogP contribution is -2.48. The van der Waals surface area contributed by atoms with E-state index < -0.39 is 6.04 Å². The van der Waals surface area contributed by atoms with E-state index in [0.29, 0.717) is 17.7 Å². The summed E-state index contributed by atoms with van der Waals surface area (Å²) < 4.78 is 5.06. The minimum atomic E-state index is -0.672. The van der Waals surface area contributed by atoms with Gasteiger partial charge in [0.25, 0.3) is 11.8 Å². The standard InChI is InChI=1S/C24H23N3O4/c28-22(17-8-10-18(11-9-17)26-24(30)21-7-4-14-31-21)27-20(23(29)25-19-12-13-19)15-16-5-2-1-3-6-16/h1-11,14,19-20H,12-13,15H2,(H,25,29)(H,26,30)(H,27,28). The summed E-state index contributed by atoms with van der Waals surface area (Å²) in [5.41, 5.74) is 1.90. The monoisotopic (exact) mass is 417 g/mol. The highest BCUT2D eigenvalue weighted by molar-refractivity contribution is 6.03. The lowest BCUT2D eigenvalue weighted by atomic mass is 10.0. The van der Waals surface area contributed by atoms with Crippen molar-refractivity contribution in [1.82, 2.24) is 10.6 Å². The number of hydrogen-bond donors (Lipinski definition) is 3. The number of furan rings is 1. The Morgan fingerprint density at radius 3 is 2.29 bits per heavy atom. The molecule has 1 saturated carbocycles. The Kier molecular flexibility index (Phi) is 6.12. The molecule has 1 aromatic heterocycles. The van der Waals surface area contributed by atoms with Gasteiger partial charge in [-0.3, -0.25) is 14.4 Å². The van der Waals surface area contributed by atoms with Crippen LogP contribution in [0, 0.1) is 0 Å². The Morgan fingerprint density at radius 2 is 1.65 bits per heavy atom. The molecule has 7 nitrogen and oxygen atoms in total. The zero-order valence-electron chi connectivity index (χ0n) is 16.8. The molecule has 3 aromatic rings. The van der Waals surface area contributed by atoms with E-state index in [-0.39, 0.29) is 29.5 Å². The first kappa shape index (κ1) is 20.4. The number of benzene rings is 2. The van der Waals surface area contributed by atoms with Crippen molar-refractivity contribution < 1.29 is 18.8 Å². The Bertz CT molecular complexity index is 1040. The fourth-order valence-corrected chi connectivity index (χ4v) is 3.14. The van der Waals surface area contributed by atoms with Gasteiger partial charge < -0.3 is 20.4 Å². The zero-order valence-corrected chi connectivity index (χ0v) is 16.8. The van der Waals surface area contributed by atoms with Crippen molar-refractivity contribution in [2.24, 2.45) is 0 Å². The molecule has 2 aromatic carbocycles. The van der Waals surface area contributed by atoms with Crippen LogP contribution in [0.25, 0.3) is 0 Å². The van der Waals surface area contributed by atoms with E-state index in [9.17, 15) is 14.4 Å². The first-order chi connectivity index (χ1) is 15.1. The summed E-state index contributed by atoms with van der Waals surface area (Å²) in [6.07, 6.45) is 3.78. The molecule has 0 spiro atoms. The van der Waals surface area contributed by atoms with E-state index >= 15 is 0 Å². The number of rotatable bonds is 8. The van der Waals surface area contributed by atoms with E-state index in [2.05, 4.69) is 16.0 Å². The normalized spacial score (nSPS) is 13.8. The van der Waals surface area contributed by atoms with Crippen LogP contribution in [0.4, 0.5) is 5.69 Å². The lowest BCUT2D eigenvalue weighted by molar-refractivity contribution is -0.123. The molecule has 1 heterocycles. The number of carbonyl (C=O) groups is 3. The fraction of sp³-hybridized carbons (Fsp3) is 0.208. The van der Waals surface area contributed by atoms with Crippen LogP contribution in [0.3, 0.4) is 0 Å². The summed E-state index contributed by atoms with van der Waals surface area (Å²) in [4.78, 5) is 37.5. The van der Waals surface area contributed by atoms with Crippen LogP contribution in [-0.2, 0) is 11.2 Å². The molecule has 7 heteroatoms. The second-order valence-electron chi connectivity index (χ2n) is 7.51. The molecule has 4 rings (SSSR count). The molecule has 1 aliphatic carbocycles. The van der Waals surface area contributed by atoms with Crippen molar-refractivity contribution in [2.45, 2.75) is 31.3 Å². The van der Waals surface area contributed by atoms with Gasteiger partial charge in [-0.05, 0) is 54.8 Å². The number of anilines is 1. The second-order valence-corrected chi connectivity index (χ2v) is 7.51. The molecule has 3 amide bonds. The molecule has 1 unspecified atom stereocenters. The Hall–Kier alpha value is -3.87. The summed E-state index contributed by atoms with van der Waals surface area (Å²) in [5.74, 6) is -0.702. The molecule has 0 saturated heterocycles. The van der Waals surface area contributed by atoms with E-state index in [4.69, 9.17) is 4.42 Å². The summed E-state index contributed by atoms with van der Waals surface area (Å²) in [6, 6.07) is 18.8. The van der Waals surface area contributed by atoms with Crippen LogP contribution in [0.1, 0.15) is 39.3 Å². The first-order valence-corrected chi connectivity index (χ1v) is 10.2. The third-order valence-electron chi connectivity index (χ3n) is 4.98. The molecular weight excluding hydrogens is 394 g/mol. The number of nitrogens with one attached hydrogen (secondary N) is 3. The maximum absolute atomic E-state index is 12.8. The SMILES string of the molecule is O=C(NC(Cc1ccccc1)C(=O)NC1CC1)c1ccc(NC(=O)c2ccco2)cc1. The lowest BCUT2D eigenvalue weighted by Gasteiger charge is -2.19. The molecule has 31 heavy (non-hydrogen) atoms. The molecule has 3 N–H and O–H groups in total. The largest absolute Gasteiger partial charge is 0.459 e. The predicted molar refractivity (Wildman–Crippen MR) is 116 cm³/mol. The number of hydrogen-bond acceptors (Lipinski definition) is 4. The maximum atomic E-state index is 12.8. The Morgan fingerprint density at radius 1 is 0.903 bits per heavy atom. The van der Waals surface area contributed by atoms with E-state index in [1.54, 1.807) is 36.4 Å². The number of carbonyl (C=O) groups excluding carboxylic acids is 3. The third-order valence-corrected chi connectivity index (χ3v) is 4.98. The van der Waals surface area contributed by atoms with Crippen molar-refractivity contribution in [2.75, 3.05) is 5.32 Å². The summed E-state index contributed by atoms with van der Waals surface area (Å²) in [7, 11) is 0. The molecule has 0 bridgehead atoms. The van der Waals surface area contributed by atoms with Gasteiger partial charge in [0.15, 0.2) is 5.76 Å². The van der Waals surface area contributed by atoms with Crippen LogP contribution in [0.2, 0.25) is 0 Å². The minimum Gasteiger partial charge on any atom is -0.459 e. The van der Waals surface area contributed by atoms with Gasteiger partial charge >= 0.3 is 0 Å². The van der Waals surface area contributed by atoms with Gasteiger partial charge in [-0.15, -0.1) is 0 Å². The minimum absolute atomic E-state index is 0.179. The highest BCUT2D eigenvalue weighted by atomic mass is 16.3. The van der Waals surface area contributed by atoms with Gasteiger partial charge in [-0.25, -0.2) is 0 Å². The highest BCUT2D eigenvalue weighted by Gasteiger charge is 2.28. The smallest absolute Gasteiger partial charge is 0.291 e. The van der Waals surface area contributed by atoms with Crippen molar-refractivity contribution in [3.05, 3.63) is 89.9 Å². The summed E-state index contributed by atoms with van der Waals surface area (Å²) in [5, 5.41) is 8.51. The quantitative estimate of drug-likeness (QED) is 0.524. The average molecular weight is 417 g/mol. The first-order valence-electron chi connectivity index (χ1n) is 10.2. The molecule has 1 atom stereocenters. The van der Waals surface area contributed by atoms with Crippen LogP contribution in [0.5, 0.6) is 0 Å². The van der Waals surface area contributed by atoms with Gasteiger partial charge in [0.2, 0.25) is 5.91 Å². The van der Waals surface area contributed by atoms with Crippen LogP contribution < -0.4 is 16.0 Å². The fourth-order valence-electron chi connectivity index (χ4n) is 3.14. The third kappa shape index (κ3) is 5.60. The van der Waals surface area contributed by atoms with E-state index in [0.717, 1.165) is 18.4 Å². The maximum Gasteiger partial charge on any atom is 0.291 e. The van der Waals surface area contributed by atoms with Crippen LogP contribution >= 0.6 is 0 Å². The van der Waals surface area contributed by atoms with Crippen LogP contribution in [0.15, 0.2) is 77.4 Å². The van der Waals surface area contributed by atoms with Gasteiger partial charge in [0.05, 0.1) is 6.26 Å². The second kappa shape index (κ2) is 9.30. The summed E-state index contributed by atoms with van der Waals surface area (Å²) >= 11 is 0. The molecule has 158 valence electrons. The Labute approximate surface area is 179 Å². The van der Waals surface area contributed by atoms with Gasteiger partial charge in [0, 0.05) is 23.7 Å². The molecule has 0 aliphatic heterocycles. The van der Waals surface area contributed by atoms with Crippen molar-refractivity contribution in [3.8, 4) is 0 Å². The topological polar surface area (TPSA) is 100 Å². The summed E-state index contributed by atoms with van der Waals surface area (Å²) in [6.45, 7) is 0. The van der Waals surface area contributed by atoms with Crippen molar-refractivity contribution in [1.29, 1.82) is 0 Å². The van der Waals surface area contributed by atoms with Crippen molar-refractivity contribution >= 4 is 23.4 Å². The zero-order chi connectivity index (χ0) is 21.6. The highest BCUT2D eigenvalue weighted by Crippen LogP contribution is 2.19. The molecule has 1 aliphatic rings. The van der Waals surface area contributed by atoms with Gasteiger partial charge in [-0.2, -0.15) is 0 Å². The Balaban J connectivity index is 1.41.